The molecule has 0 saturated heterocycles. The van der Waals surface area contributed by atoms with Crippen LogP contribution in [0, 0.1) is 0 Å². The van der Waals surface area contributed by atoms with Crippen LogP contribution in [0.25, 0.3) is 0 Å². The lowest BCUT2D eigenvalue weighted by Crippen LogP contribution is -2.30. The summed E-state index contributed by atoms with van der Waals surface area (Å²) in [5.74, 6) is 0. The van der Waals surface area contributed by atoms with Crippen LogP contribution in [0.1, 0.15) is 76.8 Å². The molecule has 0 atom stereocenters. The summed E-state index contributed by atoms with van der Waals surface area (Å²) in [5.41, 5.74) is 8.76. The predicted molar refractivity (Wildman–Crippen MR) is 85.4 cm³/mol. The Bertz CT molecular complexity index is 349. The normalized spacial score (nSPS) is 11.8. The van der Waals surface area contributed by atoms with Gasteiger partial charge in [-0.3, -0.25) is 0 Å². The summed E-state index contributed by atoms with van der Waals surface area (Å²) < 4.78 is 0. The fourth-order valence-corrected chi connectivity index (χ4v) is 2.64. The molecule has 108 valence electrons. The van der Waals surface area contributed by atoms with E-state index in [1.54, 1.807) is 0 Å². The molecule has 2 N–H and O–H groups in total. The summed E-state index contributed by atoms with van der Waals surface area (Å²) in [7, 11) is 0. The van der Waals surface area contributed by atoms with Crippen LogP contribution in [0.5, 0.6) is 0 Å². The highest BCUT2D eigenvalue weighted by Gasteiger charge is 2.17. The molecule has 0 heterocycles. The minimum atomic E-state index is -0.224. The Hall–Kier alpha value is -0.820. The molecule has 0 unspecified atom stereocenters. The van der Waals surface area contributed by atoms with E-state index in [-0.39, 0.29) is 5.54 Å². The molecule has 1 rings (SSSR count). The smallest absolute Gasteiger partial charge is 0.0355 e. The predicted octanol–water partition coefficient (Wildman–Crippen LogP) is 5.17. The maximum absolute atomic E-state index is 6.24. The van der Waals surface area contributed by atoms with Crippen molar-refractivity contribution in [2.24, 2.45) is 5.73 Å². The van der Waals surface area contributed by atoms with Crippen molar-refractivity contribution in [2.45, 2.75) is 77.7 Å². The molecule has 0 aliphatic rings. The third-order valence-corrected chi connectivity index (χ3v) is 3.76. The number of hydrogen-bond donors (Lipinski definition) is 1. The van der Waals surface area contributed by atoms with Crippen molar-refractivity contribution in [1.29, 1.82) is 0 Å². The highest BCUT2D eigenvalue weighted by molar-refractivity contribution is 5.32. The number of unbranched alkanes of at least 4 members (excludes halogenated alkanes) is 6. The third-order valence-electron chi connectivity index (χ3n) is 3.76. The zero-order valence-electron chi connectivity index (χ0n) is 13.0. The molecule has 0 aliphatic heterocycles. The average Bonchev–Trinajstić information content (AvgIpc) is 2.37. The quantitative estimate of drug-likeness (QED) is 0.609. The van der Waals surface area contributed by atoms with Gasteiger partial charge in [0.25, 0.3) is 0 Å². The highest BCUT2D eigenvalue weighted by Crippen LogP contribution is 2.23. The van der Waals surface area contributed by atoms with Gasteiger partial charge in [0.15, 0.2) is 0 Å². The molecule has 1 nitrogen and oxygen atoms in total. The molecule has 0 spiro atoms. The maximum atomic E-state index is 6.24. The molecular formula is C18H31N. The summed E-state index contributed by atoms with van der Waals surface area (Å²) in [6.07, 6.45) is 10.7. The van der Waals surface area contributed by atoms with E-state index in [9.17, 15) is 0 Å². The van der Waals surface area contributed by atoms with E-state index in [1.165, 1.54) is 62.5 Å². The molecule has 0 aliphatic carbocycles. The fourth-order valence-electron chi connectivity index (χ4n) is 2.64. The van der Waals surface area contributed by atoms with E-state index in [4.69, 9.17) is 5.73 Å². The Morgan fingerprint density at radius 2 is 1.47 bits per heavy atom. The van der Waals surface area contributed by atoms with Crippen LogP contribution in [-0.2, 0) is 12.0 Å². The Labute approximate surface area is 119 Å². The van der Waals surface area contributed by atoms with Crippen LogP contribution < -0.4 is 5.73 Å². The molecule has 0 saturated carbocycles. The van der Waals surface area contributed by atoms with E-state index in [0.29, 0.717) is 0 Å². The van der Waals surface area contributed by atoms with E-state index in [0.717, 1.165) is 0 Å². The van der Waals surface area contributed by atoms with Crippen LogP contribution in [0.15, 0.2) is 24.3 Å². The van der Waals surface area contributed by atoms with Gasteiger partial charge in [0, 0.05) is 5.54 Å². The first-order valence-electron chi connectivity index (χ1n) is 7.93. The minimum Gasteiger partial charge on any atom is -0.322 e. The van der Waals surface area contributed by atoms with Crippen molar-refractivity contribution in [3.63, 3.8) is 0 Å². The molecule has 0 fully saturated rings. The minimum absolute atomic E-state index is 0.224. The number of benzene rings is 1. The van der Waals surface area contributed by atoms with Crippen LogP contribution in [0.3, 0.4) is 0 Å². The second kappa shape index (κ2) is 8.37. The molecular weight excluding hydrogens is 230 g/mol. The van der Waals surface area contributed by atoms with Gasteiger partial charge < -0.3 is 5.73 Å². The fraction of sp³-hybridized carbons (Fsp3) is 0.667. The van der Waals surface area contributed by atoms with Gasteiger partial charge in [0.1, 0.15) is 0 Å². The number of aryl methyl sites for hydroxylation is 1. The maximum Gasteiger partial charge on any atom is 0.0355 e. The SMILES string of the molecule is CCCCCCCCCc1ccccc1C(C)(C)N. The van der Waals surface area contributed by atoms with Crippen molar-refractivity contribution in [3.05, 3.63) is 35.4 Å². The lowest BCUT2D eigenvalue weighted by atomic mass is 9.89. The summed E-state index contributed by atoms with van der Waals surface area (Å²) >= 11 is 0. The van der Waals surface area contributed by atoms with Crippen molar-refractivity contribution >= 4 is 0 Å². The number of hydrogen-bond acceptors (Lipinski definition) is 1. The summed E-state index contributed by atoms with van der Waals surface area (Å²) in [6.45, 7) is 6.46. The summed E-state index contributed by atoms with van der Waals surface area (Å²) in [6, 6.07) is 8.64. The van der Waals surface area contributed by atoms with Crippen molar-refractivity contribution in [2.75, 3.05) is 0 Å². The standard InChI is InChI=1S/C18H31N/c1-4-5-6-7-8-9-10-13-16-14-11-12-15-17(16)18(2,3)19/h11-12,14-15H,4-10,13,19H2,1-3H3. The monoisotopic (exact) mass is 261 g/mol. The van der Waals surface area contributed by atoms with Gasteiger partial charge in [0.05, 0.1) is 0 Å². The van der Waals surface area contributed by atoms with Gasteiger partial charge in [-0.25, -0.2) is 0 Å². The van der Waals surface area contributed by atoms with Gasteiger partial charge in [-0.15, -0.1) is 0 Å². The van der Waals surface area contributed by atoms with Crippen LogP contribution in [-0.4, -0.2) is 0 Å². The van der Waals surface area contributed by atoms with Gasteiger partial charge in [0.2, 0.25) is 0 Å². The summed E-state index contributed by atoms with van der Waals surface area (Å²) in [5, 5.41) is 0. The van der Waals surface area contributed by atoms with Gasteiger partial charge in [-0.05, 0) is 37.8 Å². The molecule has 1 aromatic carbocycles. The van der Waals surface area contributed by atoms with Crippen LogP contribution in [0.4, 0.5) is 0 Å². The highest BCUT2D eigenvalue weighted by atomic mass is 14.7. The number of nitrogens with two attached hydrogens (primary N) is 1. The first-order chi connectivity index (χ1) is 9.05. The van der Waals surface area contributed by atoms with Crippen LogP contribution >= 0.6 is 0 Å². The molecule has 1 aromatic rings. The third kappa shape index (κ3) is 6.24. The van der Waals surface area contributed by atoms with Gasteiger partial charge in [-0.2, -0.15) is 0 Å². The van der Waals surface area contributed by atoms with E-state index in [1.807, 2.05) is 0 Å². The first kappa shape index (κ1) is 16.2. The second-order valence-corrected chi connectivity index (χ2v) is 6.25. The Kier molecular flexibility index (Phi) is 7.15. The zero-order valence-corrected chi connectivity index (χ0v) is 13.0. The van der Waals surface area contributed by atoms with E-state index in [2.05, 4.69) is 45.0 Å². The van der Waals surface area contributed by atoms with E-state index < -0.39 is 0 Å². The van der Waals surface area contributed by atoms with Crippen molar-refractivity contribution in [1.82, 2.24) is 0 Å². The Morgan fingerprint density at radius 1 is 0.895 bits per heavy atom. The molecule has 0 amide bonds. The molecule has 0 radical (unpaired) electrons. The average molecular weight is 261 g/mol. The van der Waals surface area contributed by atoms with E-state index >= 15 is 0 Å². The lowest BCUT2D eigenvalue weighted by Gasteiger charge is -2.22. The Morgan fingerprint density at radius 3 is 2.11 bits per heavy atom. The summed E-state index contributed by atoms with van der Waals surface area (Å²) in [4.78, 5) is 0. The second-order valence-electron chi connectivity index (χ2n) is 6.25. The van der Waals surface area contributed by atoms with Gasteiger partial charge >= 0.3 is 0 Å². The van der Waals surface area contributed by atoms with Gasteiger partial charge in [-0.1, -0.05) is 69.7 Å². The van der Waals surface area contributed by atoms with Crippen LogP contribution in [0.2, 0.25) is 0 Å². The Balaban J connectivity index is 2.33. The number of rotatable bonds is 9. The lowest BCUT2D eigenvalue weighted by molar-refractivity contribution is 0.542. The molecule has 1 heteroatoms. The molecule has 0 bridgehead atoms. The largest absolute Gasteiger partial charge is 0.322 e. The van der Waals surface area contributed by atoms with Crippen molar-refractivity contribution < 1.29 is 0 Å². The molecule has 19 heavy (non-hydrogen) atoms. The zero-order chi connectivity index (χ0) is 14.1. The molecule has 0 aromatic heterocycles. The van der Waals surface area contributed by atoms with Crippen molar-refractivity contribution in [3.8, 4) is 0 Å². The topological polar surface area (TPSA) is 26.0 Å². The first-order valence-corrected chi connectivity index (χ1v) is 7.93.